The molecular formula is C9H17O3P. The molecule has 0 aromatic carbocycles. The molecule has 0 N–H and O–H groups in total. The molecule has 13 heavy (non-hydrogen) atoms. The third-order valence-electron chi connectivity index (χ3n) is 2.74. The van der Waals surface area contributed by atoms with E-state index in [1.54, 1.807) is 0 Å². The van der Waals surface area contributed by atoms with Crippen molar-refractivity contribution in [2.75, 3.05) is 19.8 Å². The Morgan fingerprint density at radius 2 is 1.69 bits per heavy atom. The molecule has 0 amide bonds. The predicted molar refractivity (Wildman–Crippen MR) is 51.4 cm³/mol. The Hall–Kier alpha value is 0.310. The van der Waals surface area contributed by atoms with Crippen LogP contribution in [0.25, 0.3) is 0 Å². The van der Waals surface area contributed by atoms with Gasteiger partial charge in [-0.3, -0.25) is 0 Å². The number of rotatable bonds is 4. The normalized spacial score (nSPS) is 38.1. The molecule has 2 bridgehead atoms. The van der Waals surface area contributed by atoms with Crippen LogP contribution in [0.5, 0.6) is 0 Å². The van der Waals surface area contributed by atoms with Crippen LogP contribution in [0, 0.1) is 5.41 Å². The average molecular weight is 204 g/mol. The summed E-state index contributed by atoms with van der Waals surface area (Å²) in [5.74, 6) is 0. The van der Waals surface area contributed by atoms with E-state index in [-0.39, 0.29) is 5.41 Å². The summed E-state index contributed by atoms with van der Waals surface area (Å²) in [5.41, 5.74) is 0.187. The van der Waals surface area contributed by atoms with Crippen LogP contribution >= 0.6 is 8.60 Å². The lowest BCUT2D eigenvalue weighted by Gasteiger charge is -2.44. The zero-order valence-electron chi connectivity index (χ0n) is 8.12. The first kappa shape index (κ1) is 9.85. The number of unbranched alkanes of at least 4 members (excludes halogenated alkanes) is 2. The first-order valence-corrected chi connectivity index (χ1v) is 6.13. The SMILES string of the molecule is CCCCCC12COP(OC1)OC2. The fourth-order valence-corrected chi connectivity index (χ4v) is 3.13. The lowest BCUT2D eigenvalue weighted by Crippen LogP contribution is -2.43. The quantitative estimate of drug-likeness (QED) is 0.520. The third-order valence-corrected chi connectivity index (χ3v) is 3.76. The van der Waals surface area contributed by atoms with Crippen LogP contribution in [0.15, 0.2) is 0 Å². The summed E-state index contributed by atoms with van der Waals surface area (Å²) < 4.78 is 16.3. The lowest BCUT2D eigenvalue weighted by atomic mass is 9.85. The first-order chi connectivity index (χ1) is 6.35. The van der Waals surface area contributed by atoms with Gasteiger partial charge in [-0.05, 0) is 6.42 Å². The van der Waals surface area contributed by atoms with Crippen LogP contribution in [0.4, 0.5) is 0 Å². The molecule has 0 atom stereocenters. The largest absolute Gasteiger partial charge is 0.332 e. The maximum absolute atomic E-state index is 5.43. The molecule has 0 aromatic heterocycles. The average Bonchev–Trinajstić information content (AvgIpc) is 2.21. The molecule has 4 heteroatoms. The highest BCUT2D eigenvalue weighted by atomic mass is 31.2. The zero-order chi connectivity index (χ0) is 9.15. The molecule has 3 rings (SSSR count). The third kappa shape index (κ3) is 2.21. The Morgan fingerprint density at radius 3 is 2.23 bits per heavy atom. The Kier molecular flexibility index (Phi) is 3.20. The van der Waals surface area contributed by atoms with E-state index in [0.29, 0.717) is 0 Å². The van der Waals surface area contributed by atoms with Crippen molar-refractivity contribution < 1.29 is 13.6 Å². The number of hydrogen-bond donors (Lipinski definition) is 0. The second kappa shape index (κ2) is 4.22. The van der Waals surface area contributed by atoms with E-state index in [1.165, 1.54) is 25.7 Å². The van der Waals surface area contributed by atoms with E-state index in [0.717, 1.165) is 19.8 Å². The molecule has 3 saturated heterocycles. The van der Waals surface area contributed by atoms with Crippen LogP contribution in [0.2, 0.25) is 0 Å². The summed E-state index contributed by atoms with van der Waals surface area (Å²) in [6.07, 6.45) is 5.02. The molecule has 3 aliphatic heterocycles. The Labute approximate surface area is 80.7 Å². The monoisotopic (exact) mass is 204 g/mol. The second-order valence-electron chi connectivity index (χ2n) is 4.00. The second-order valence-corrected chi connectivity index (χ2v) is 5.22. The minimum atomic E-state index is -0.954. The lowest BCUT2D eigenvalue weighted by molar-refractivity contribution is -0.0777. The molecule has 0 unspecified atom stereocenters. The smallest absolute Gasteiger partial charge is 0.311 e. The van der Waals surface area contributed by atoms with Crippen molar-refractivity contribution in [2.45, 2.75) is 32.6 Å². The van der Waals surface area contributed by atoms with Crippen LogP contribution in [0.3, 0.4) is 0 Å². The molecule has 76 valence electrons. The van der Waals surface area contributed by atoms with Crippen molar-refractivity contribution in [1.82, 2.24) is 0 Å². The molecule has 3 aliphatic rings. The molecule has 0 spiro atoms. The van der Waals surface area contributed by atoms with Gasteiger partial charge < -0.3 is 13.6 Å². The molecule has 0 aromatic rings. The molecule has 0 radical (unpaired) electrons. The van der Waals surface area contributed by atoms with Gasteiger partial charge in [-0.2, -0.15) is 0 Å². The van der Waals surface area contributed by atoms with Crippen LogP contribution in [0.1, 0.15) is 32.6 Å². The minimum absolute atomic E-state index is 0.187. The maximum atomic E-state index is 5.43. The Morgan fingerprint density at radius 1 is 1.08 bits per heavy atom. The van der Waals surface area contributed by atoms with E-state index in [9.17, 15) is 0 Å². The zero-order valence-corrected chi connectivity index (χ0v) is 9.02. The van der Waals surface area contributed by atoms with Crippen LogP contribution < -0.4 is 0 Å². The molecule has 3 nitrogen and oxygen atoms in total. The van der Waals surface area contributed by atoms with Gasteiger partial charge in [0.05, 0.1) is 19.8 Å². The Balaban J connectivity index is 1.81. The maximum Gasteiger partial charge on any atom is 0.332 e. The fourth-order valence-electron chi connectivity index (χ4n) is 1.77. The number of fused-ring (bicyclic) bond motifs is 3. The fraction of sp³-hybridized carbons (Fsp3) is 1.00. The topological polar surface area (TPSA) is 27.7 Å². The van der Waals surface area contributed by atoms with Crippen LogP contribution in [-0.2, 0) is 13.6 Å². The highest BCUT2D eigenvalue weighted by Gasteiger charge is 2.43. The van der Waals surface area contributed by atoms with Crippen molar-refractivity contribution in [2.24, 2.45) is 5.41 Å². The van der Waals surface area contributed by atoms with Crippen molar-refractivity contribution in [1.29, 1.82) is 0 Å². The summed E-state index contributed by atoms with van der Waals surface area (Å²) in [6, 6.07) is 0. The van der Waals surface area contributed by atoms with Gasteiger partial charge in [-0.25, -0.2) is 0 Å². The summed E-state index contributed by atoms with van der Waals surface area (Å²) in [4.78, 5) is 0. The van der Waals surface area contributed by atoms with Gasteiger partial charge in [-0.1, -0.05) is 26.2 Å². The van der Waals surface area contributed by atoms with E-state index in [4.69, 9.17) is 13.6 Å². The van der Waals surface area contributed by atoms with E-state index < -0.39 is 8.60 Å². The first-order valence-electron chi connectivity index (χ1n) is 5.04. The standard InChI is InChI=1S/C9H17O3P/c1-2-3-4-5-9-6-10-13(11-7-9)12-8-9/h2-8H2,1H3. The van der Waals surface area contributed by atoms with Gasteiger partial charge >= 0.3 is 8.60 Å². The highest BCUT2D eigenvalue weighted by molar-refractivity contribution is 7.41. The summed E-state index contributed by atoms with van der Waals surface area (Å²) in [6.45, 7) is 4.77. The van der Waals surface area contributed by atoms with Crippen molar-refractivity contribution in [3.63, 3.8) is 0 Å². The van der Waals surface area contributed by atoms with Gasteiger partial charge in [0.1, 0.15) is 0 Å². The van der Waals surface area contributed by atoms with E-state index in [1.807, 2.05) is 0 Å². The number of hydrogen-bond acceptors (Lipinski definition) is 3. The van der Waals surface area contributed by atoms with Gasteiger partial charge in [0.15, 0.2) is 0 Å². The van der Waals surface area contributed by atoms with Crippen molar-refractivity contribution in [3.8, 4) is 0 Å². The van der Waals surface area contributed by atoms with E-state index in [2.05, 4.69) is 6.92 Å². The molecule has 0 aliphatic carbocycles. The summed E-state index contributed by atoms with van der Waals surface area (Å²) in [5, 5.41) is 0. The highest BCUT2D eigenvalue weighted by Crippen LogP contribution is 2.54. The van der Waals surface area contributed by atoms with Crippen LogP contribution in [-0.4, -0.2) is 19.8 Å². The predicted octanol–water partition coefficient (Wildman–Crippen LogP) is 2.86. The van der Waals surface area contributed by atoms with Crippen molar-refractivity contribution >= 4 is 8.60 Å². The summed E-state index contributed by atoms with van der Waals surface area (Å²) in [7, 11) is -0.954. The van der Waals surface area contributed by atoms with Gasteiger partial charge in [-0.15, -0.1) is 0 Å². The molecule has 3 heterocycles. The molecule has 0 saturated carbocycles. The van der Waals surface area contributed by atoms with Gasteiger partial charge in [0, 0.05) is 5.41 Å². The molecule has 3 fully saturated rings. The molecular weight excluding hydrogens is 187 g/mol. The Bertz CT molecular complexity index is 152. The van der Waals surface area contributed by atoms with E-state index >= 15 is 0 Å². The van der Waals surface area contributed by atoms with Crippen molar-refractivity contribution in [3.05, 3.63) is 0 Å². The minimum Gasteiger partial charge on any atom is -0.311 e. The van der Waals surface area contributed by atoms with Gasteiger partial charge in [0.2, 0.25) is 0 Å². The summed E-state index contributed by atoms with van der Waals surface area (Å²) >= 11 is 0. The van der Waals surface area contributed by atoms with Gasteiger partial charge in [0.25, 0.3) is 0 Å².